The molecule has 0 bridgehead atoms. The van der Waals surface area contributed by atoms with E-state index in [9.17, 15) is 22.8 Å². The second kappa shape index (κ2) is 14.8. The molecule has 212 valence electrons. The number of amides is 3. The van der Waals surface area contributed by atoms with Crippen molar-refractivity contribution in [2.24, 2.45) is 0 Å². The molecule has 0 saturated carbocycles. The molecule has 0 heterocycles. The lowest BCUT2D eigenvalue weighted by Crippen LogP contribution is -2.55. The van der Waals surface area contributed by atoms with E-state index in [2.05, 4.69) is 10.0 Å². The third-order valence-corrected chi connectivity index (χ3v) is 6.99. The number of urea groups is 1. The molecule has 0 saturated heterocycles. The second-order valence-electron chi connectivity index (χ2n) is 8.88. The summed E-state index contributed by atoms with van der Waals surface area (Å²) in [4.78, 5) is 39.5. The van der Waals surface area contributed by atoms with E-state index in [0.29, 0.717) is 30.9 Å². The van der Waals surface area contributed by atoms with E-state index in [1.807, 2.05) is 42.0 Å². The van der Waals surface area contributed by atoms with Gasteiger partial charge >= 0.3 is 16.2 Å². The van der Waals surface area contributed by atoms with Crippen LogP contribution in [0.1, 0.15) is 25.0 Å². The Bertz CT molecular complexity index is 1350. The van der Waals surface area contributed by atoms with E-state index in [-0.39, 0.29) is 12.8 Å². The molecule has 2 atom stereocenters. The number of anilines is 1. The quantitative estimate of drug-likeness (QED) is 0.257. The number of likely N-dealkylation sites (N-methyl/N-ethyl adjacent to an activating group) is 1. The third-order valence-electron chi connectivity index (χ3n) is 5.92. The van der Waals surface area contributed by atoms with Crippen molar-refractivity contribution >= 4 is 34.1 Å². The van der Waals surface area contributed by atoms with Gasteiger partial charge in [-0.05, 0) is 55.7 Å². The molecule has 0 spiro atoms. The van der Waals surface area contributed by atoms with E-state index >= 15 is 0 Å². The van der Waals surface area contributed by atoms with Gasteiger partial charge in [-0.2, -0.15) is 13.1 Å². The summed E-state index contributed by atoms with van der Waals surface area (Å²) >= 11 is 0. The lowest BCUT2D eigenvalue weighted by atomic mass is 10.0. The highest BCUT2D eigenvalue weighted by Crippen LogP contribution is 2.21. The minimum Gasteiger partial charge on any atom is -0.494 e. The van der Waals surface area contributed by atoms with Crippen LogP contribution in [0.15, 0.2) is 84.9 Å². The maximum absolute atomic E-state index is 13.7. The number of carbonyl (C=O) groups is 3. The Balaban J connectivity index is 1.74. The van der Waals surface area contributed by atoms with E-state index in [1.54, 1.807) is 61.5 Å². The first kappa shape index (κ1) is 30.3. The normalized spacial score (nSPS) is 12.6. The predicted molar refractivity (Wildman–Crippen MR) is 153 cm³/mol. The first-order valence-corrected chi connectivity index (χ1v) is 14.4. The van der Waals surface area contributed by atoms with Gasteiger partial charge in [-0.3, -0.25) is 4.79 Å². The average Bonchev–Trinajstić information content (AvgIpc) is 2.94. The summed E-state index contributed by atoms with van der Waals surface area (Å²) in [6, 6.07) is 21.6. The maximum atomic E-state index is 13.7. The van der Waals surface area contributed by atoms with Crippen LogP contribution in [0.3, 0.4) is 0 Å². The van der Waals surface area contributed by atoms with Gasteiger partial charge in [0.1, 0.15) is 18.1 Å². The fourth-order valence-electron chi connectivity index (χ4n) is 4.12. The minimum atomic E-state index is -4.43. The van der Waals surface area contributed by atoms with Crippen molar-refractivity contribution in [3.8, 4) is 5.75 Å². The molecule has 3 aromatic carbocycles. The molecule has 11 heteroatoms. The number of carbonyl (C=O) groups excluding carboxylic acids is 3. The van der Waals surface area contributed by atoms with Gasteiger partial charge in [0.2, 0.25) is 5.91 Å². The van der Waals surface area contributed by atoms with Crippen LogP contribution in [-0.2, 0) is 32.6 Å². The highest BCUT2D eigenvalue weighted by Gasteiger charge is 2.28. The number of hydrogen-bond acceptors (Lipinski definition) is 6. The number of nitrogens with zero attached hydrogens (tertiary/aromatic N) is 1. The van der Waals surface area contributed by atoms with E-state index in [0.717, 1.165) is 11.1 Å². The first-order chi connectivity index (χ1) is 19.2. The van der Waals surface area contributed by atoms with Gasteiger partial charge in [0, 0.05) is 18.7 Å². The fraction of sp³-hybridized carbons (Fsp3) is 0.276. The Labute approximate surface area is 234 Å². The molecule has 3 aromatic rings. The Hall–Kier alpha value is -4.22. The van der Waals surface area contributed by atoms with Crippen molar-refractivity contribution in [1.82, 2.24) is 14.8 Å². The summed E-state index contributed by atoms with van der Waals surface area (Å²) in [6.45, 7) is 4.49. The zero-order valence-corrected chi connectivity index (χ0v) is 23.3. The van der Waals surface area contributed by atoms with Crippen molar-refractivity contribution in [3.05, 3.63) is 96.1 Å². The van der Waals surface area contributed by atoms with E-state index in [1.165, 1.54) is 4.90 Å². The minimum absolute atomic E-state index is 0.107. The zero-order chi connectivity index (χ0) is 29.0. The smallest absolute Gasteiger partial charge is 0.330 e. The van der Waals surface area contributed by atoms with Crippen LogP contribution in [-0.4, -0.2) is 51.9 Å². The van der Waals surface area contributed by atoms with Crippen molar-refractivity contribution in [3.63, 3.8) is 0 Å². The number of hydrogen-bond donors (Lipinski definition) is 3. The standard InChI is InChI=1S/C29H34N4O6S/c1-3-33(25-15-17-26(18-16-25)39-4-2)28(35)27(20-23-13-9-6-10-14-23)30-29(36)32-40(37,38)31-24(21-34)19-22-11-7-5-8-12-22/h5-18,21,24,27,31H,3-4,19-20H2,1-2H3,(H2,30,32,36)/t24-,27-/m0/s1. The van der Waals surface area contributed by atoms with Crippen molar-refractivity contribution < 1.29 is 27.5 Å². The van der Waals surface area contributed by atoms with Crippen molar-refractivity contribution in [1.29, 1.82) is 0 Å². The molecular weight excluding hydrogens is 532 g/mol. The molecule has 0 aromatic heterocycles. The summed E-state index contributed by atoms with van der Waals surface area (Å²) in [5, 5.41) is 2.51. The summed E-state index contributed by atoms with van der Waals surface area (Å²) in [5.74, 6) is 0.234. The summed E-state index contributed by atoms with van der Waals surface area (Å²) < 4.78 is 34.8. The average molecular weight is 567 g/mol. The number of aldehydes is 1. The Kier molecular flexibility index (Phi) is 11.2. The SMILES string of the molecule is CCOc1ccc(N(CC)C(=O)[C@H](Cc2ccccc2)NC(=O)NS(=O)(=O)N[C@H](C=O)Cc2ccccc2)cc1. The molecule has 0 aliphatic heterocycles. The van der Waals surface area contributed by atoms with Crippen LogP contribution >= 0.6 is 0 Å². The van der Waals surface area contributed by atoms with Gasteiger partial charge in [-0.15, -0.1) is 0 Å². The summed E-state index contributed by atoms with van der Waals surface area (Å²) in [5.41, 5.74) is 2.11. The molecule has 0 fully saturated rings. The Morgan fingerprint density at radius 1 is 0.875 bits per heavy atom. The molecule has 0 radical (unpaired) electrons. The molecule has 0 aliphatic carbocycles. The maximum Gasteiger partial charge on any atom is 0.330 e. The Morgan fingerprint density at radius 2 is 1.45 bits per heavy atom. The lowest BCUT2D eigenvalue weighted by molar-refractivity contribution is -0.120. The van der Waals surface area contributed by atoms with Gasteiger partial charge in [0.15, 0.2) is 0 Å². The zero-order valence-electron chi connectivity index (χ0n) is 22.4. The molecule has 3 amide bonds. The van der Waals surface area contributed by atoms with Crippen LogP contribution in [0, 0.1) is 0 Å². The number of benzene rings is 3. The lowest BCUT2D eigenvalue weighted by Gasteiger charge is -2.27. The topological polar surface area (TPSA) is 134 Å². The van der Waals surface area contributed by atoms with Crippen LogP contribution in [0.5, 0.6) is 5.75 Å². The Morgan fingerprint density at radius 3 is 1.98 bits per heavy atom. The molecule has 10 nitrogen and oxygen atoms in total. The number of ether oxygens (including phenoxy) is 1. The third kappa shape index (κ3) is 9.21. The number of nitrogens with one attached hydrogen (secondary N) is 3. The highest BCUT2D eigenvalue weighted by molar-refractivity contribution is 7.88. The van der Waals surface area contributed by atoms with Crippen molar-refractivity contribution in [2.45, 2.75) is 38.8 Å². The monoisotopic (exact) mass is 566 g/mol. The molecule has 3 N–H and O–H groups in total. The first-order valence-electron chi connectivity index (χ1n) is 12.9. The second-order valence-corrected chi connectivity index (χ2v) is 10.3. The molecular formula is C29H34N4O6S. The van der Waals surface area contributed by atoms with E-state index < -0.39 is 34.2 Å². The molecule has 3 rings (SSSR count). The van der Waals surface area contributed by atoms with Crippen LogP contribution < -0.4 is 24.4 Å². The van der Waals surface area contributed by atoms with Gasteiger partial charge in [-0.1, -0.05) is 60.7 Å². The van der Waals surface area contributed by atoms with Crippen LogP contribution in [0.25, 0.3) is 0 Å². The summed E-state index contributed by atoms with van der Waals surface area (Å²) in [6.07, 6.45) is 0.691. The van der Waals surface area contributed by atoms with E-state index in [4.69, 9.17) is 4.74 Å². The van der Waals surface area contributed by atoms with Crippen molar-refractivity contribution in [2.75, 3.05) is 18.1 Å². The van der Waals surface area contributed by atoms with Gasteiger partial charge < -0.3 is 19.7 Å². The van der Waals surface area contributed by atoms with Gasteiger partial charge in [0.25, 0.3) is 0 Å². The largest absolute Gasteiger partial charge is 0.494 e. The van der Waals surface area contributed by atoms with Crippen LogP contribution in [0.2, 0.25) is 0 Å². The van der Waals surface area contributed by atoms with Crippen LogP contribution in [0.4, 0.5) is 10.5 Å². The highest BCUT2D eigenvalue weighted by atomic mass is 32.2. The summed E-state index contributed by atoms with van der Waals surface area (Å²) in [7, 11) is -4.43. The number of rotatable bonds is 14. The fourth-order valence-corrected chi connectivity index (χ4v) is 5.02. The predicted octanol–water partition coefficient (Wildman–Crippen LogP) is 2.99. The van der Waals surface area contributed by atoms with Gasteiger partial charge in [0.05, 0.1) is 12.6 Å². The molecule has 0 unspecified atom stereocenters. The molecule has 40 heavy (non-hydrogen) atoms. The van der Waals surface area contributed by atoms with Gasteiger partial charge in [-0.25, -0.2) is 9.52 Å². The molecule has 0 aliphatic rings.